The lowest BCUT2D eigenvalue weighted by Crippen LogP contribution is -2.40. The molecule has 0 aliphatic heterocycles. The minimum absolute atomic E-state index is 0.263. The molecule has 0 heterocycles. The quantitative estimate of drug-likeness (QED) is 0.827. The lowest BCUT2D eigenvalue weighted by Gasteiger charge is -2.14. The van der Waals surface area contributed by atoms with E-state index in [1.165, 1.54) is 0 Å². The van der Waals surface area contributed by atoms with Gasteiger partial charge in [-0.3, -0.25) is 4.79 Å². The van der Waals surface area contributed by atoms with Crippen molar-refractivity contribution in [1.82, 2.24) is 5.32 Å². The van der Waals surface area contributed by atoms with Crippen LogP contribution in [0.4, 0.5) is 0 Å². The van der Waals surface area contributed by atoms with Gasteiger partial charge in [0.25, 0.3) is 5.91 Å². The van der Waals surface area contributed by atoms with E-state index in [0.717, 1.165) is 12.8 Å². The smallest absolute Gasteiger partial charge is 0.326 e. The highest BCUT2D eigenvalue weighted by Crippen LogP contribution is 2.21. The number of rotatable bonds is 6. The summed E-state index contributed by atoms with van der Waals surface area (Å²) in [6, 6.07) is 3.98. The fourth-order valence-electron chi connectivity index (χ4n) is 1.57. The number of nitrogens with one attached hydrogen (secondary N) is 1. The molecule has 0 aliphatic rings. The van der Waals surface area contributed by atoms with Gasteiger partial charge >= 0.3 is 5.97 Å². The molecule has 0 bridgehead atoms. The Kier molecular flexibility index (Phi) is 6.31. The highest BCUT2D eigenvalue weighted by atomic mass is 79.9. The number of carboxylic acids is 1. The Bertz CT molecular complexity index is 479. The molecular weight excluding hydrogens is 334 g/mol. The first-order chi connectivity index (χ1) is 8.95. The predicted octanol–water partition coefficient (Wildman–Crippen LogP) is 3.48. The van der Waals surface area contributed by atoms with Crippen molar-refractivity contribution >= 4 is 39.4 Å². The summed E-state index contributed by atoms with van der Waals surface area (Å²) >= 11 is 9.18. The van der Waals surface area contributed by atoms with Crippen molar-refractivity contribution in [2.24, 2.45) is 0 Å². The van der Waals surface area contributed by atoms with Crippen LogP contribution in [0.2, 0.25) is 5.02 Å². The molecule has 1 aromatic rings. The third kappa shape index (κ3) is 4.84. The average molecular weight is 349 g/mol. The van der Waals surface area contributed by atoms with Gasteiger partial charge in [-0.25, -0.2) is 4.79 Å². The van der Waals surface area contributed by atoms with E-state index in [1.807, 2.05) is 6.92 Å². The van der Waals surface area contributed by atoms with Crippen LogP contribution in [0.15, 0.2) is 22.7 Å². The van der Waals surface area contributed by atoms with Gasteiger partial charge < -0.3 is 10.4 Å². The number of carbonyl (C=O) groups is 2. The zero-order valence-electron chi connectivity index (χ0n) is 10.5. The Balaban J connectivity index is 2.81. The lowest BCUT2D eigenvalue weighted by molar-refractivity contribution is -0.139. The standard InChI is InChI=1S/C13H15BrClNO3/c1-2-3-4-11(13(18)19)16-12(17)9-7-8(14)5-6-10(9)15/h5-7,11H,2-4H2,1H3,(H,16,17)(H,18,19)/t11-/m0/s1. The Morgan fingerprint density at radius 1 is 1.47 bits per heavy atom. The largest absolute Gasteiger partial charge is 0.480 e. The monoisotopic (exact) mass is 347 g/mol. The second-order valence-corrected chi connectivity index (χ2v) is 5.45. The van der Waals surface area contributed by atoms with Gasteiger partial charge in [0.05, 0.1) is 10.6 Å². The summed E-state index contributed by atoms with van der Waals surface area (Å²) in [6.07, 6.45) is 2.02. The second-order valence-electron chi connectivity index (χ2n) is 4.13. The number of carboxylic acid groups (broad SMARTS) is 1. The molecule has 0 aromatic heterocycles. The van der Waals surface area contributed by atoms with E-state index >= 15 is 0 Å². The molecule has 1 atom stereocenters. The van der Waals surface area contributed by atoms with E-state index < -0.39 is 17.9 Å². The molecule has 0 fully saturated rings. The van der Waals surface area contributed by atoms with Crippen LogP contribution in [0.5, 0.6) is 0 Å². The summed E-state index contributed by atoms with van der Waals surface area (Å²) in [5.74, 6) is -1.51. The molecular formula is C13H15BrClNO3. The molecule has 2 N–H and O–H groups in total. The lowest BCUT2D eigenvalue weighted by atomic mass is 10.1. The highest BCUT2D eigenvalue weighted by Gasteiger charge is 2.21. The molecule has 1 amide bonds. The second kappa shape index (κ2) is 7.50. The summed E-state index contributed by atoms with van der Waals surface area (Å²) in [6.45, 7) is 1.96. The molecule has 0 saturated heterocycles. The Morgan fingerprint density at radius 2 is 2.16 bits per heavy atom. The van der Waals surface area contributed by atoms with Crippen LogP contribution in [0.1, 0.15) is 36.5 Å². The van der Waals surface area contributed by atoms with Crippen LogP contribution in [-0.2, 0) is 4.79 Å². The van der Waals surface area contributed by atoms with E-state index in [2.05, 4.69) is 21.2 Å². The predicted molar refractivity (Wildman–Crippen MR) is 77.6 cm³/mol. The van der Waals surface area contributed by atoms with Gasteiger partial charge in [0.15, 0.2) is 0 Å². The first-order valence-corrected chi connectivity index (χ1v) is 7.11. The van der Waals surface area contributed by atoms with Crippen molar-refractivity contribution in [3.8, 4) is 0 Å². The summed E-state index contributed by atoms with van der Waals surface area (Å²) in [7, 11) is 0. The van der Waals surface area contributed by atoms with Gasteiger partial charge in [-0.1, -0.05) is 47.3 Å². The molecule has 0 saturated carbocycles. The van der Waals surface area contributed by atoms with Gasteiger partial charge in [-0.15, -0.1) is 0 Å². The fraction of sp³-hybridized carbons (Fsp3) is 0.385. The van der Waals surface area contributed by atoms with Crippen LogP contribution in [0.25, 0.3) is 0 Å². The van der Waals surface area contributed by atoms with E-state index in [-0.39, 0.29) is 5.56 Å². The minimum Gasteiger partial charge on any atom is -0.480 e. The number of aliphatic carboxylic acids is 1. The van der Waals surface area contributed by atoms with Crippen molar-refractivity contribution in [3.05, 3.63) is 33.3 Å². The Morgan fingerprint density at radius 3 is 2.74 bits per heavy atom. The van der Waals surface area contributed by atoms with Crippen molar-refractivity contribution in [3.63, 3.8) is 0 Å². The number of hydrogen-bond donors (Lipinski definition) is 2. The first kappa shape index (κ1) is 16.0. The van der Waals surface area contributed by atoms with Crippen LogP contribution >= 0.6 is 27.5 Å². The SMILES string of the molecule is CCCC[C@H](NC(=O)c1cc(Br)ccc1Cl)C(=O)O. The molecule has 1 rings (SSSR count). The number of halogens is 2. The molecule has 0 unspecified atom stereocenters. The zero-order valence-corrected chi connectivity index (χ0v) is 12.8. The Labute approximate surface area is 125 Å². The number of hydrogen-bond acceptors (Lipinski definition) is 2. The maximum absolute atomic E-state index is 12.0. The topological polar surface area (TPSA) is 66.4 Å². The molecule has 19 heavy (non-hydrogen) atoms. The molecule has 0 aliphatic carbocycles. The number of benzene rings is 1. The zero-order chi connectivity index (χ0) is 14.4. The molecule has 0 radical (unpaired) electrons. The van der Waals surface area contributed by atoms with Crippen molar-refractivity contribution in [2.45, 2.75) is 32.2 Å². The number of amides is 1. The minimum atomic E-state index is -1.03. The number of unbranched alkanes of at least 4 members (excludes halogenated alkanes) is 1. The highest BCUT2D eigenvalue weighted by molar-refractivity contribution is 9.10. The van der Waals surface area contributed by atoms with Gasteiger partial charge in [0.2, 0.25) is 0 Å². The maximum atomic E-state index is 12.0. The molecule has 6 heteroatoms. The van der Waals surface area contributed by atoms with Gasteiger partial charge in [-0.05, 0) is 24.6 Å². The van der Waals surface area contributed by atoms with E-state index in [4.69, 9.17) is 16.7 Å². The van der Waals surface area contributed by atoms with E-state index in [9.17, 15) is 9.59 Å². The first-order valence-electron chi connectivity index (χ1n) is 5.94. The van der Waals surface area contributed by atoms with Gasteiger partial charge in [0.1, 0.15) is 6.04 Å². The Hall–Kier alpha value is -1.07. The summed E-state index contributed by atoms with van der Waals surface area (Å²) < 4.78 is 0.711. The van der Waals surface area contributed by atoms with Crippen LogP contribution in [-0.4, -0.2) is 23.0 Å². The molecule has 104 valence electrons. The molecule has 4 nitrogen and oxygen atoms in total. The average Bonchev–Trinajstić information content (AvgIpc) is 2.36. The van der Waals surface area contributed by atoms with E-state index in [0.29, 0.717) is 15.9 Å². The summed E-state index contributed by atoms with van der Waals surface area (Å²) in [4.78, 5) is 23.1. The van der Waals surface area contributed by atoms with Crippen LogP contribution in [0, 0.1) is 0 Å². The van der Waals surface area contributed by atoms with E-state index in [1.54, 1.807) is 18.2 Å². The number of carbonyl (C=O) groups excluding carboxylic acids is 1. The van der Waals surface area contributed by atoms with Gasteiger partial charge in [0, 0.05) is 4.47 Å². The van der Waals surface area contributed by atoms with Crippen LogP contribution in [0.3, 0.4) is 0 Å². The fourth-order valence-corrected chi connectivity index (χ4v) is 2.14. The maximum Gasteiger partial charge on any atom is 0.326 e. The third-order valence-electron chi connectivity index (χ3n) is 2.62. The van der Waals surface area contributed by atoms with Crippen molar-refractivity contribution in [1.29, 1.82) is 0 Å². The summed E-state index contributed by atoms with van der Waals surface area (Å²) in [5, 5.41) is 11.8. The van der Waals surface area contributed by atoms with Gasteiger partial charge in [-0.2, -0.15) is 0 Å². The third-order valence-corrected chi connectivity index (χ3v) is 3.45. The molecule has 1 aromatic carbocycles. The molecule has 0 spiro atoms. The van der Waals surface area contributed by atoms with Crippen molar-refractivity contribution < 1.29 is 14.7 Å². The summed E-state index contributed by atoms with van der Waals surface area (Å²) in [5.41, 5.74) is 0.263. The van der Waals surface area contributed by atoms with Crippen molar-refractivity contribution in [2.75, 3.05) is 0 Å². The van der Waals surface area contributed by atoms with Crippen LogP contribution < -0.4 is 5.32 Å². The normalized spacial score (nSPS) is 11.9.